The fourth-order valence-corrected chi connectivity index (χ4v) is 5.70. The molecule has 1 heterocycles. The van der Waals surface area contributed by atoms with Gasteiger partial charge in [-0.15, -0.1) is 0 Å². The summed E-state index contributed by atoms with van der Waals surface area (Å²) in [4.78, 5) is 23.2. The molecule has 0 aliphatic carbocycles. The number of carboxylic acids is 1. The van der Waals surface area contributed by atoms with Crippen LogP contribution in [0.15, 0.2) is 84.9 Å². The first-order valence-corrected chi connectivity index (χ1v) is 17.3. The molecule has 10 nitrogen and oxygen atoms in total. The molecule has 1 aliphatic heterocycles. The van der Waals surface area contributed by atoms with Crippen LogP contribution in [0.4, 0.5) is 66.3 Å². The summed E-state index contributed by atoms with van der Waals surface area (Å²) in [6.07, 6.45) is -23.4. The standard InChI is InChI=1S/C20H16F7NO3.C19H16F7NO3.Ba.2H2O/c1-11(12-6-14(19(22,23)24)8-15(7-12)20(25,26)27)30-9-18(10-31-17(29)28-18)13-2-4-16(21)5-3-13;1-10(11-6-13(18(21,22)23)8-14(7-11)19(24,25)26)30-9-17(27,16(28)29)12-2-4-15(20)5-3-12;;;/h2-8,11H,9-10H2,1H3,(H,28,29);2-8,10H,9,27H2,1H3,(H,28,29);;2*1H2/q;;+2;;/p-2/t11-,18+;10-,17-;;;/m11.../s1. The number of aliphatic carboxylic acids is 1. The van der Waals surface area contributed by atoms with Crippen LogP contribution in [0.5, 0.6) is 0 Å². The van der Waals surface area contributed by atoms with Gasteiger partial charge in [0.25, 0.3) is 0 Å². The third-order valence-electron chi connectivity index (χ3n) is 9.23. The Kier molecular flexibility index (Phi) is 19.9. The summed E-state index contributed by atoms with van der Waals surface area (Å²) in [5, 5.41) is 12.0. The number of rotatable bonds is 11. The fraction of sp³-hybridized carbons (Fsp3) is 0.333. The summed E-state index contributed by atoms with van der Waals surface area (Å²) >= 11 is 0. The van der Waals surface area contributed by atoms with Gasteiger partial charge in [0, 0.05) is 0 Å². The van der Waals surface area contributed by atoms with Crippen LogP contribution in [-0.2, 0) is 54.8 Å². The second-order valence-electron chi connectivity index (χ2n) is 13.7. The number of carbonyl (C=O) groups is 2. The Balaban J connectivity index is 0.000000612. The molecule has 1 aliphatic rings. The molecule has 25 heteroatoms. The summed E-state index contributed by atoms with van der Waals surface area (Å²) in [5.41, 5.74) is -4.13. The van der Waals surface area contributed by atoms with Gasteiger partial charge >= 0.3 is 85.6 Å². The minimum Gasteiger partial charge on any atom is -0.870 e. The zero-order valence-corrected chi connectivity index (χ0v) is 37.3. The van der Waals surface area contributed by atoms with Gasteiger partial charge in [-0.25, -0.2) is 18.4 Å². The van der Waals surface area contributed by atoms with E-state index >= 15 is 0 Å². The van der Waals surface area contributed by atoms with E-state index in [1.165, 1.54) is 19.1 Å². The van der Waals surface area contributed by atoms with Gasteiger partial charge in [0.05, 0.1) is 47.7 Å². The number of benzene rings is 4. The predicted molar refractivity (Wildman–Crippen MR) is 194 cm³/mol. The SMILES string of the molecule is C[C@@H](OC[C@@]1(c2ccc(F)cc2)COC(=O)N1)c1cc(C(F)(F)F)cc(C(F)(F)F)c1.C[C@@H](OC[C@](N)(C(=O)O)c1ccc(F)cc1)c1cc(C(F)(F)F)cc(C(F)(F)F)c1.[Ba+2].[OH-].[OH-]. The van der Waals surface area contributed by atoms with E-state index in [1.54, 1.807) is 0 Å². The van der Waals surface area contributed by atoms with Gasteiger partial charge in [0.15, 0.2) is 5.54 Å². The number of alkyl halides is 12. The first-order valence-electron chi connectivity index (χ1n) is 17.3. The van der Waals surface area contributed by atoms with E-state index in [-0.39, 0.29) is 96.3 Å². The molecule has 4 aromatic carbocycles. The van der Waals surface area contributed by atoms with E-state index in [1.807, 2.05) is 0 Å². The molecule has 348 valence electrons. The molecule has 1 fully saturated rings. The molecule has 0 aromatic heterocycles. The van der Waals surface area contributed by atoms with Crippen LogP contribution in [0.25, 0.3) is 0 Å². The molecule has 5 rings (SSSR count). The van der Waals surface area contributed by atoms with E-state index < -0.39 is 106 Å². The van der Waals surface area contributed by atoms with Crippen LogP contribution in [0.1, 0.15) is 70.6 Å². The van der Waals surface area contributed by atoms with E-state index in [2.05, 4.69) is 5.32 Å². The Morgan fingerprint density at radius 2 is 1.03 bits per heavy atom. The number of hydrogen-bond donors (Lipinski definition) is 3. The number of carboxylic acid groups (broad SMARTS) is 1. The molecule has 0 saturated carbocycles. The van der Waals surface area contributed by atoms with Crippen molar-refractivity contribution in [2.24, 2.45) is 5.73 Å². The number of halogens is 14. The summed E-state index contributed by atoms with van der Waals surface area (Å²) in [6, 6.07) is 11.2. The van der Waals surface area contributed by atoms with Crippen molar-refractivity contribution in [1.82, 2.24) is 5.32 Å². The Hall–Kier alpha value is -3.99. The topological polar surface area (TPSA) is 180 Å². The van der Waals surface area contributed by atoms with Crippen LogP contribution >= 0.6 is 0 Å². The molecule has 4 atom stereocenters. The summed E-state index contributed by atoms with van der Waals surface area (Å²) in [6.45, 7) is 1.07. The minimum atomic E-state index is -5.04. The summed E-state index contributed by atoms with van der Waals surface area (Å²) in [5.74, 6) is -2.78. The molecule has 1 saturated heterocycles. The van der Waals surface area contributed by atoms with Gasteiger partial charge in [-0.2, -0.15) is 52.7 Å². The average molecular weight is 1060 g/mol. The van der Waals surface area contributed by atoms with Crippen molar-refractivity contribution in [1.29, 1.82) is 0 Å². The zero-order valence-electron chi connectivity index (χ0n) is 32.8. The third kappa shape index (κ3) is 14.8. The van der Waals surface area contributed by atoms with Gasteiger partial charge in [0.1, 0.15) is 23.8 Å². The van der Waals surface area contributed by atoms with Gasteiger partial charge in [-0.3, -0.25) is 0 Å². The largest absolute Gasteiger partial charge is 2.00 e. The van der Waals surface area contributed by atoms with Crippen LogP contribution in [0, 0.1) is 11.6 Å². The number of ether oxygens (including phenoxy) is 3. The predicted octanol–water partition coefficient (Wildman–Crippen LogP) is 9.72. The van der Waals surface area contributed by atoms with Crippen molar-refractivity contribution in [3.8, 4) is 0 Å². The molecule has 0 unspecified atom stereocenters. The number of cyclic esters (lactones) is 1. The number of amides is 1. The molecular weight excluding hydrogens is 1030 g/mol. The van der Waals surface area contributed by atoms with Gasteiger partial charge < -0.3 is 41.3 Å². The molecule has 0 spiro atoms. The zero-order chi connectivity index (χ0) is 45.9. The van der Waals surface area contributed by atoms with Crippen LogP contribution in [0.2, 0.25) is 0 Å². The Labute approximate surface area is 393 Å². The first-order chi connectivity index (χ1) is 27.9. The van der Waals surface area contributed by atoms with Crippen molar-refractivity contribution >= 4 is 60.9 Å². The van der Waals surface area contributed by atoms with Gasteiger partial charge in [-0.1, -0.05) is 24.3 Å². The maximum Gasteiger partial charge on any atom is 2.00 e. The van der Waals surface area contributed by atoms with Gasteiger partial charge in [-0.05, 0) is 96.8 Å². The normalized spacial score (nSPS) is 17.1. The average Bonchev–Trinajstić information content (AvgIpc) is 3.56. The van der Waals surface area contributed by atoms with Crippen LogP contribution in [0.3, 0.4) is 0 Å². The Bertz CT molecular complexity index is 2120. The van der Waals surface area contributed by atoms with Crippen molar-refractivity contribution in [2.45, 2.75) is 61.8 Å². The second-order valence-corrected chi connectivity index (χ2v) is 13.7. The molecular formula is C39H34BaF14N2O8. The summed E-state index contributed by atoms with van der Waals surface area (Å²) < 4.78 is 199. The molecule has 64 heavy (non-hydrogen) atoms. The maximum absolute atomic E-state index is 13.2. The van der Waals surface area contributed by atoms with E-state index in [4.69, 9.17) is 19.9 Å². The second kappa shape index (κ2) is 22.0. The molecule has 4 aromatic rings. The van der Waals surface area contributed by atoms with Gasteiger partial charge in [0.2, 0.25) is 0 Å². The van der Waals surface area contributed by atoms with E-state index in [0.29, 0.717) is 29.8 Å². The number of nitrogens with one attached hydrogen (secondary N) is 1. The van der Waals surface area contributed by atoms with E-state index in [0.717, 1.165) is 43.3 Å². The number of carbonyl (C=O) groups excluding carboxylic acids is 1. The third-order valence-corrected chi connectivity index (χ3v) is 9.23. The van der Waals surface area contributed by atoms with E-state index in [9.17, 15) is 76.2 Å². The van der Waals surface area contributed by atoms with Crippen molar-refractivity contribution in [3.05, 3.63) is 141 Å². The Morgan fingerprint density at radius 3 is 1.36 bits per heavy atom. The monoisotopic (exact) mass is 1060 g/mol. The molecule has 1 amide bonds. The molecule has 0 bridgehead atoms. The quantitative estimate of drug-likeness (QED) is 0.0974. The van der Waals surface area contributed by atoms with Crippen molar-refractivity contribution < 1.29 is 101 Å². The Morgan fingerprint density at radius 1 is 0.672 bits per heavy atom. The number of alkyl carbamates (subject to hydrolysis) is 1. The number of nitrogens with two attached hydrogens (primary N) is 1. The minimum absolute atomic E-state index is 0. The molecule has 6 N–H and O–H groups in total. The summed E-state index contributed by atoms with van der Waals surface area (Å²) in [7, 11) is 0. The maximum atomic E-state index is 13.2. The smallest absolute Gasteiger partial charge is 0.870 e. The van der Waals surface area contributed by atoms with Crippen LogP contribution < -0.4 is 11.1 Å². The first kappa shape index (κ1) is 58.0. The fourth-order valence-electron chi connectivity index (χ4n) is 5.70. The van der Waals surface area contributed by atoms with Crippen LogP contribution in [-0.4, -0.2) is 96.8 Å². The van der Waals surface area contributed by atoms with Crippen molar-refractivity contribution in [2.75, 3.05) is 19.8 Å². The number of hydrogen-bond acceptors (Lipinski definition) is 8. The van der Waals surface area contributed by atoms with Crippen molar-refractivity contribution in [3.63, 3.8) is 0 Å². The molecule has 0 radical (unpaired) electrons.